The number of nitrogens with zero attached hydrogens (tertiary/aromatic N) is 2. The topological polar surface area (TPSA) is 91.4 Å². The molecule has 0 fully saturated rings. The molecular formula is C19H15ClN2O5. The zero-order valence-electron chi connectivity index (χ0n) is 14.3. The lowest BCUT2D eigenvalue weighted by molar-refractivity contribution is -0.147. The molecule has 2 aromatic carbocycles. The molecule has 7 nitrogen and oxygen atoms in total. The molecule has 0 spiro atoms. The van der Waals surface area contributed by atoms with Gasteiger partial charge in [0.25, 0.3) is 0 Å². The van der Waals surface area contributed by atoms with E-state index >= 15 is 0 Å². The molecule has 1 atom stereocenters. The Morgan fingerprint density at radius 2 is 1.81 bits per heavy atom. The van der Waals surface area contributed by atoms with Crippen molar-refractivity contribution in [3.8, 4) is 11.5 Å². The van der Waals surface area contributed by atoms with Crippen LogP contribution >= 0.6 is 11.6 Å². The molecule has 3 aromatic rings. The predicted molar refractivity (Wildman–Crippen MR) is 97.5 cm³/mol. The lowest BCUT2D eigenvalue weighted by Gasteiger charge is -2.12. The van der Waals surface area contributed by atoms with Gasteiger partial charge in [0, 0.05) is 16.1 Å². The van der Waals surface area contributed by atoms with Crippen molar-refractivity contribution in [1.82, 2.24) is 9.78 Å². The molecule has 3 rings (SSSR count). The van der Waals surface area contributed by atoms with Crippen molar-refractivity contribution < 1.29 is 18.7 Å². The summed E-state index contributed by atoms with van der Waals surface area (Å²) in [5, 5.41) is 4.47. The molecule has 1 aromatic heterocycles. The van der Waals surface area contributed by atoms with Gasteiger partial charge in [-0.25, -0.2) is 4.79 Å². The van der Waals surface area contributed by atoms with Crippen molar-refractivity contribution in [2.75, 3.05) is 0 Å². The van der Waals surface area contributed by atoms with E-state index in [0.717, 1.165) is 4.68 Å². The Morgan fingerprint density at radius 3 is 2.48 bits per heavy atom. The van der Waals surface area contributed by atoms with Crippen LogP contribution in [0.4, 0.5) is 0 Å². The van der Waals surface area contributed by atoms with Crippen molar-refractivity contribution in [2.24, 2.45) is 0 Å². The molecular weight excluding hydrogens is 372 g/mol. The molecule has 0 aliphatic heterocycles. The Balaban J connectivity index is 1.65. The fourth-order valence-electron chi connectivity index (χ4n) is 2.36. The highest BCUT2D eigenvalue weighted by molar-refractivity contribution is 6.30. The zero-order valence-corrected chi connectivity index (χ0v) is 15.1. The molecule has 0 unspecified atom stereocenters. The second-order valence-corrected chi connectivity index (χ2v) is 6.14. The van der Waals surface area contributed by atoms with Crippen molar-refractivity contribution in [3.63, 3.8) is 0 Å². The van der Waals surface area contributed by atoms with Crippen LogP contribution in [0.5, 0.6) is 0 Å². The lowest BCUT2D eigenvalue weighted by Crippen LogP contribution is -2.29. The molecule has 0 radical (unpaired) electrons. The van der Waals surface area contributed by atoms with Gasteiger partial charge in [-0.05, 0) is 43.3 Å². The SMILES string of the molecule is C[C@@H](OC(=O)Cn1nc(-c2ccccc2)oc1=O)C(=O)c1ccc(Cl)cc1. The molecule has 0 amide bonds. The van der Waals surface area contributed by atoms with Crippen LogP contribution in [-0.4, -0.2) is 27.6 Å². The van der Waals surface area contributed by atoms with Crippen LogP contribution in [0.2, 0.25) is 5.02 Å². The van der Waals surface area contributed by atoms with Crippen LogP contribution in [0, 0.1) is 0 Å². The lowest BCUT2D eigenvalue weighted by atomic mass is 10.1. The van der Waals surface area contributed by atoms with E-state index in [-0.39, 0.29) is 11.7 Å². The van der Waals surface area contributed by atoms with Crippen LogP contribution in [0.1, 0.15) is 17.3 Å². The molecule has 0 bridgehead atoms. The van der Waals surface area contributed by atoms with Crippen LogP contribution in [0.15, 0.2) is 63.8 Å². The molecule has 1 heterocycles. The number of hydrogen-bond acceptors (Lipinski definition) is 6. The van der Waals surface area contributed by atoms with Gasteiger partial charge in [-0.2, -0.15) is 4.68 Å². The van der Waals surface area contributed by atoms with E-state index in [1.807, 2.05) is 6.07 Å². The van der Waals surface area contributed by atoms with E-state index in [9.17, 15) is 14.4 Å². The van der Waals surface area contributed by atoms with Crippen molar-refractivity contribution in [1.29, 1.82) is 0 Å². The number of benzene rings is 2. The van der Waals surface area contributed by atoms with Crippen LogP contribution in [0.3, 0.4) is 0 Å². The summed E-state index contributed by atoms with van der Waals surface area (Å²) in [6.45, 7) is 0.989. The smallest absolute Gasteiger partial charge is 0.437 e. The molecule has 0 saturated heterocycles. The Hall–Kier alpha value is -3.19. The standard InChI is InChI=1S/C19H15ClN2O5/c1-12(17(24)13-7-9-15(20)10-8-13)26-16(23)11-22-19(25)27-18(21-22)14-5-3-2-4-6-14/h2-10,12H,11H2,1H3/t12-/m1/s1. The minimum absolute atomic E-state index is 0.0960. The third-order valence-corrected chi connectivity index (χ3v) is 3.96. The number of aromatic nitrogens is 2. The summed E-state index contributed by atoms with van der Waals surface area (Å²) in [5.41, 5.74) is 0.970. The summed E-state index contributed by atoms with van der Waals surface area (Å²) in [4.78, 5) is 36.2. The normalized spacial score (nSPS) is 11.8. The fourth-order valence-corrected chi connectivity index (χ4v) is 2.49. The van der Waals surface area contributed by atoms with Gasteiger partial charge in [0.2, 0.25) is 11.7 Å². The van der Waals surface area contributed by atoms with Crippen LogP contribution < -0.4 is 5.76 Å². The highest BCUT2D eigenvalue weighted by Gasteiger charge is 2.21. The van der Waals surface area contributed by atoms with Gasteiger partial charge in [0.15, 0.2) is 6.10 Å². The summed E-state index contributed by atoms with van der Waals surface area (Å²) in [5.74, 6) is -1.85. The second kappa shape index (κ2) is 8.01. The number of rotatable bonds is 6. The number of carbonyl (C=O) groups is 2. The van der Waals surface area contributed by atoms with Gasteiger partial charge in [0.1, 0.15) is 6.54 Å². The summed E-state index contributed by atoms with van der Waals surface area (Å²) in [7, 11) is 0. The van der Waals surface area contributed by atoms with Crippen LogP contribution in [-0.2, 0) is 16.1 Å². The summed E-state index contributed by atoms with van der Waals surface area (Å²) in [6.07, 6.45) is -1.02. The first-order valence-electron chi connectivity index (χ1n) is 8.06. The van der Waals surface area contributed by atoms with Crippen molar-refractivity contribution in [3.05, 3.63) is 75.7 Å². The molecule has 0 saturated carbocycles. The first kappa shape index (κ1) is 18.6. The Morgan fingerprint density at radius 1 is 1.15 bits per heavy atom. The van der Waals surface area contributed by atoms with Gasteiger partial charge in [-0.3, -0.25) is 9.59 Å². The van der Waals surface area contributed by atoms with Gasteiger partial charge in [-0.1, -0.05) is 29.8 Å². The molecule has 0 N–H and O–H groups in total. The Kier molecular flexibility index (Phi) is 5.52. The van der Waals surface area contributed by atoms with Crippen molar-refractivity contribution >= 4 is 23.4 Å². The van der Waals surface area contributed by atoms with E-state index in [4.69, 9.17) is 20.8 Å². The zero-order chi connectivity index (χ0) is 19.4. The number of esters is 1. The van der Waals surface area contributed by atoms with E-state index in [0.29, 0.717) is 16.1 Å². The van der Waals surface area contributed by atoms with Crippen molar-refractivity contribution in [2.45, 2.75) is 19.6 Å². The average molecular weight is 387 g/mol. The van der Waals surface area contributed by atoms with Gasteiger partial charge in [0.05, 0.1) is 0 Å². The third-order valence-electron chi connectivity index (χ3n) is 3.71. The first-order chi connectivity index (χ1) is 12.9. The maximum absolute atomic E-state index is 12.3. The maximum atomic E-state index is 12.3. The maximum Gasteiger partial charge on any atom is 0.437 e. The van der Waals surface area contributed by atoms with E-state index in [1.54, 1.807) is 48.5 Å². The molecule has 0 aliphatic carbocycles. The number of carbonyl (C=O) groups excluding carboxylic acids is 2. The van der Waals surface area contributed by atoms with E-state index in [1.165, 1.54) is 6.92 Å². The summed E-state index contributed by atoms with van der Waals surface area (Å²) in [6, 6.07) is 15.0. The van der Waals surface area contributed by atoms with Gasteiger partial charge < -0.3 is 9.15 Å². The van der Waals surface area contributed by atoms with Gasteiger partial charge >= 0.3 is 11.7 Å². The minimum Gasteiger partial charge on any atom is -0.453 e. The number of ether oxygens (including phenoxy) is 1. The van der Waals surface area contributed by atoms with E-state index in [2.05, 4.69) is 5.10 Å². The number of halogens is 1. The fraction of sp³-hybridized carbons (Fsp3) is 0.158. The predicted octanol–water partition coefficient (Wildman–Crippen LogP) is 2.97. The van der Waals surface area contributed by atoms with Gasteiger partial charge in [-0.15, -0.1) is 5.10 Å². The highest BCUT2D eigenvalue weighted by atomic mass is 35.5. The summed E-state index contributed by atoms with van der Waals surface area (Å²) < 4.78 is 11.0. The summed E-state index contributed by atoms with van der Waals surface area (Å²) >= 11 is 5.79. The number of hydrogen-bond donors (Lipinski definition) is 0. The monoisotopic (exact) mass is 386 g/mol. The highest BCUT2D eigenvalue weighted by Crippen LogP contribution is 2.14. The molecule has 0 aliphatic rings. The van der Waals surface area contributed by atoms with E-state index < -0.39 is 24.4 Å². The Bertz CT molecular complexity index is 1010. The Labute approximate surface area is 159 Å². The third kappa shape index (κ3) is 4.51. The largest absolute Gasteiger partial charge is 0.453 e. The molecule has 27 heavy (non-hydrogen) atoms. The van der Waals surface area contributed by atoms with Crippen LogP contribution in [0.25, 0.3) is 11.5 Å². The average Bonchev–Trinajstić information content (AvgIpc) is 3.03. The minimum atomic E-state index is -1.02. The molecule has 138 valence electrons. The quantitative estimate of drug-likeness (QED) is 0.477. The number of Topliss-reactive ketones (excluding diaryl/α,β-unsaturated/α-hetero) is 1. The molecule has 8 heteroatoms. The number of ketones is 1. The second-order valence-electron chi connectivity index (χ2n) is 5.70. The first-order valence-corrected chi connectivity index (χ1v) is 8.44.